The molecule has 0 spiro atoms. The number of hydrogen-bond donors (Lipinski definition) is 1. The number of rotatable bonds is 4. The van der Waals surface area contributed by atoms with Crippen molar-refractivity contribution in [3.05, 3.63) is 32.9 Å². The molecule has 0 saturated carbocycles. The number of hydrogen-bond acceptors (Lipinski definition) is 2. The molecular weight excluding hydrogens is 307 g/mol. The Morgan fingerprint density at radius 2 is 2.27 bits per heavy atom. The first-order valence-electron chi connectivity index (χ1n) is 4.52. The standard InChI is InChI=1S/C11H11IO3/c1-7(6-13)5-8-3-2-4-9(12)10(8)11(14)15/h2-4,6-7H,5H2,1H3,(H,14,15). The Kier molecular flexibility index (Phi) is 4.26. The Morgan fingerprint density at radius 3 is 2.80 bits per heavy atom. The third-order valence-corrected chi connectivity index (χ3v) is 2.99. The van der Waals surface area contributed by atoms with Crippen molar-refractivity contribution in [1.82, 2.24) is 0 Å². The Balaban J connectivity index is 3.11. The van der Waals surface area contributed by atoms with E-state index in [1.807, 2.05) is 22.6 Å². The molecule has 80 valence electrons. The largest absolute Gasteiger partial charge is 0.478 e. The van der Waals surface area contributed by atoms with Gasteiger partial charge in [0.15, 0.2) is 0 Å². The van der Waals surface area contributed by atoms with Crippen molar-refractivity contribution in [3.63, 3.8) is 0 Å². The van der Waals surface area contributed by atoms with Gasteiger partial charge in [0.1, 0.15) is 6.29 Å². The van der Waals surface area contributed by atoms with Crippen LogP contribution in [0.15, 0.2) is 18.2 Å². The number of carbonyl (C=O) groups is 2. The van der Waals surface area contributed by atoms with Crippen LogP contribution in [0.2, 0.25) is 0 Å². The summed E-state index contributed by atoms with van der Waals surface area (Å²) in [5.74, 6) is -1.09. The molecule has 1 rings (SSSR count). The molecule has 1 aromatic rings. The minimum Gasteiger partial charge on any atom is -0.478 e. The maximum atomic E-state index is 11.0. The molecule has 0 aliphatic carbocycles. The molecule has 0 radical (unpaired) electrons. The van der Waals surface area contributed by atoms with Gasteiger partial charge in [0.2, 0.25) is 0 Å². The highest BCUT2D eigenvalue weighted by Crippen LogP contribution is 2.19. The van der Waals surface area contributed by atoms with Crippen LogP contribution in [0.1, 0.15) is 22.8 Å². The van der Waals surface area contributed by atoms with Crippen molar-refractivity contribution in [1.29, 1.82) is 0 Å². The monoisotopic (exact) mass is 318 g/mol. The van der Waals surface area contributed by atoms with Crippen LogP contribution in [0.4, 0.5) is 0 Å². The van der Waals surface area contributed by atoms with Gasteiger partial charge >= 0.3 is 5.97 Å². The molecule has 15 heavy (non-hydrogen) atoms. The summed E-state index contributed by atoms with van der Waals surface area (Å²) in [5, 5.41) is 9.04. The topological polar surface area (TPSA) is 54.4 Å². The number of halogens is 1. The summed E-state index contributed by atoms with van der Waals surface area (Å²) in [6, 6.07) is 5.31. The fourth-order valence-corrected chi connectivity index (χ4v) is 2.16. The number of carboxylic acids is 1. The molecule has 1 atom stereocenters. The summed E-state index contributed by atoms with van der Waals surface area (Å²) < 4.78 is 0.704. The van der Waals surface area contributed by atoms with Gasteiger partial charge in [0, 0.05) is 9.49 Å². The molecular formula is C11H11IO3. The lowest BCUT2D eigenvalue weighted by Crippen LogP contribution is -2.09. The summed E-state index contributed by atoms with van der Waals surface area (Å²) in [5.41, 5.74) is 1.03. The zero-order valence-corrected chi connectivity index (χ0v) is 10.4. The molecule has 0 aromatic heterocycles. The summed E-state index contributed by atoms with van der Waals surface area (Å²) in [4.78, 5) is 21.5. The van der Waals surface area contributed by atoms with Crippen LogP contribution in [0.25, 0.3) is 0 Å². The molecule has 0 amide bonds. The molecule has 0 bridgehead atoms. The first-order chi connectivity index (χ1) is 7.06. The third kappa shape index (κ3) is 3.02. The smallest absolute Gasteiger partial charge is 0.337 e. The minimum absolute atomic E-state index is 0.152. The van der Waals surface area contributed by atoms with Crippen molar-refractivity contribution in [2.75, 3.05) is 0 Å². The van der Waals surface area contributed by atoms with Crippen LogP contribution in [-0.2, 0) is 11.2 Å². The molecule has 0 aliphatic rings. The lowest BCUT2D eigenvalue weighted by molar-refractivity contribution is -0.110. The van der Waals surface area contributed by atoms with Gasteiger partial charge in [-0.25, -0.2) is 4.79 Å². The number of aldehydes is 1. The predicted octanol–water partition coefficient (Wildman–Crippen LogP) is 2.37. The normalized spacial score (nSPS) is 12.1. The molecule has 1 unspecified atom stereocenters. The highest BCUT2D eigenvalue weighted by molar-refractivity contribution is 14.1. The highest BCUT2D eigenvalue weighted by atomic mass is 127. The van der Waals surface area contributed by atoms with Crippen LogP contribution in [0, 0.1) is 9.49 Å². The zero-order chi connectivity index (χ0) is 11.4. The average molecular weight is 318 g/mol. The molecule has 0 fully saturated rings. The predicted molar refractivity (Wildman–Crippen MR) is 65.1 cm³/mol. The zero-order valence-electron chi connectivity index (χ0n) is 8.24. The second-order valence-corrected chi connectivity index (χ2v) is 4.56. The lowest BCUT2D eigenvalue weighted by Gasteiger charge is -2.09. The summed E-state index contributed by atoms with van der Waals surface area (Å²) in [6.45, 7) is 1.78. The molecule has 1 aromatic carbocycles. The van der Waals surface area contributed by atoms with E-state index in [1.165, 1.54) is 0 Å². The Labute approximate surface area is 102 Å². The fourth-order valence-electron chi connectivity index (χ4n) is 1.37. The summed E-state index contributed by atoms with van der Waals surface area (Å²) in [7, 11) is 0. The van der Waals surface area contributed by atoms with Crippen LogP contribution < -0.4 is 0 Å². The van der Waals surface area contributed by atoms with Crippen molar-refractivity contribution in [2.24, 2.45) is 5.92 Å². The Bertz CT molecular complexity index is 387. The molecule has 1 N–H and O–H groups in total. The van der Waals surface area contributed by atoms with E-state index < -0.39 is 5.97 Å². The van der Waals surface area contributed by atoms with Crippen molar-refractivity contribution in [3.8, 4) is 0 Å². The van der Waals surface area contributed by atoms with Gasteiger partial charge in [-0.3, -0.25) is 0 Å². The van der Waals surface area contributed by atoms with E-state index in [-0.39, 0.29) is 5.92 Å². The van der Waals surface area contributed by atoms with E-state index in [0.717, 1.165) is 6.29 Å². The van der Waals surface area contributed by atoms with Crippen LogP contribution in [0.5, 0.6) is 0 Å². The van der Waals surface area contributed by atoms with Crippen LogP contribution in [-0.4, -0.2) is 17.4 Å². The quantitative estimate of drug-likeness (QED) is 0.685. The maximum Gasteiger partial charge on any atom is 0.337 e. The van der Waals surface area contributed by atoms with Gasteiger partial charge in [-0.05, 0) is 40.6 Å². The van der Waals surface area contributed by atoms with Gasteiger partial charge in [0.25, 0.3) is 0 Å². The molecule has 0 saturated heterocycles. The summed E-state index contributed by atoms with van der Waals surface area (Å²) in [6.07, 6.45) is 1.31. The van der Waals surface area contributed by atoms with Gasteiger partial charge in [0.05, 0.1) is 5.56 Å². The van der Waals surface area contributed by atoms with E-state index in [9.17, 15) is 9.59 Å². The van der Waals surface area contributed by atoms with Gasteiger partial charge in [-0.15, -0.1) is 0 Å². The third-order valence-electron chi connectivity index (χ3n) is 2.09. The lowest BCUT2D eigenvalue weighted by atomic mass is 9.98. The summed E-state index contributed by atoms with van der Waals surface area (Å²) >= 11 is 1.99. The molecule has 0 aliphatic heterocycles. The minimum atomic E-state index is -0.937. The maximum absolute atomic E-state index is 11.0. The fraction of sp³-hybridized carbons (Fsp3) is 0.273. The van der Waals surface area contributed by atoms with Crippen LogP contribution >= 0.6 is 22.6 Å². The first-order valence-corrected chi connectivity index (χ1v) is 5.60. The molecule has 3 nitrogen and oxygen atoms in total. The molecule has 4 heteroatoms. The average Bonchev–Trinajstić information content (AvgIpc) is 2.17. The second kappa shape index (κ2) is 5.25. The Hall–Kier alpha value is -0.910. The number of carbonyl (C=O) groups excluding carboxylic acids is 1. The SMILES string of the molecule is CC(C=O)Cc1cccc(I)c1C(=O)O. The van der Waals surface area contributed by atoms with Crippen molar-refractivity contribution < 1.29 is 14.7 Å². The molecule has 0 heterocycles. The van der Waals surface area contributed by atoms with Crippen molar-refractivity contribution in [2.45, 2.75) is 13.3 Å². The van der Waals surface area contributed by atoms with Crippen molar-refractivity contribution >= 4 is 34.8 Å². The first kappa shape index (κ1) is 12.2. The number of benzene rings is 1. The number of aromatic carboxylic acids is 1. The van der Waals surface area contributed by atoms with E-state index in [2.05, 4.69) is 0 Å². The van der Waals surface area contributed by atoms with E-state index >= 15 is 0 Å². The van der Waals surface area contributed by atoms with E-state index in [0.29, 0.717) is 21.1 Å². The van der Waals surface area contributed by atoms with Gasteiger partial charge in [-0.2, -0.15) is 0 Å². The van der Waals surface area contributed by atoms with Gasteiger partial charge in [-0.1, -0.05) is 19.1 Å². The highest BCUT2D eigenvalue weighted by Gasteiger charge is 2.15. The van der Waals surface area contributed by atoms with E-state index in [1.54, 1.807) is 25.1 Å². The van der Waals surface area contributed by atoms with Gasteiger partial charge < -0.3 is 9.90 Å². The van der Waals surface area contributed by atoms with E-state index in [4.69, 9.17) is 5.11 Å². The number of carboxylic acid groups (broad SMARTS) is 1. The van der Waals surface area contributed by atoms with Crippen LogP contribution in [0.3, 0.4) is 0 Å². The Morgan fingerprint density at radius 1 is 1.60 bits per heavy atom. The second-order valence-electron chi connectivity index (χ2n) is 3.40.